The lowest BCUT2D eigenvalue weighted by molar-refractivity contribution is -0.114. The van der Waals surface area contributed by atoms with Gasteiger partial charge in [-0.2, -0.15) is 0 Å². The van der Waals surface area contributed by atoms with Gasteiger partial charge in [0.05, 0.1) is 0 Å². The molecule has 256 valence electrons. The Morgan fingerprint density at radius 1 is 0.510 bits per heavy atom. The molecule has 0 aliphatic carbocycles. The van der Waals surface area contributed by atoms with Crippen molar-refractivity contribution in [3.05, 3.63) is 134 Å². The van der Waals surface area contributed by atoms with Gasteiger partial charge in [-0.3, -0.25) is 4.79 Å². The summed E-state index contributed by atoms with van der Waals surface area (Å²) in [7, 11) is 0. The average Bonchev–Trinajstić information content (AvgIpc) is 3.11. The molecule has 0 radical (unpaired) electrons. The summed E-state index contributed by atoms with van der Waals surface area (Å²) in [6.07, 6.45) is 2.62. The molecule has 0 saturated carbocycles. The van der Waals surface area contributed by atoms with Crippen molar-refractivity contribution in [2.75, 3.05) is 32.3 Å². The number of carbonyl (C=O) groups excluding carboxylic acids is 3. The number of anilines is 6. The van der Waals surface area contributed by atoms with Crippen molar-refractivity contribution in [1.29, 1.82) is 0 Å². The van der Waals surface area contributed by atoms with E-state index >= 15 is 0 Å². The zero-order chi connectivity index (χ0) is 35.8. The summed E-state index contributed by atoms with van der Waals surface area (Å²) in [5.74, 6) is 2.18. The lowest BCUT2D eigenvalue weighted by Crippen LogP contribution is -2.19. The Morgan fingerprint density at radius 3 is 1.35 bits per heavy atom. The lowest BCUT2D eigenvalue weighted by Gasteiger charge is -2.09. The monoisotopic (exact) mass is 684 g/mol. The van der Waals surface area contributed by atoms with Crippen LogP contribution in [-0.4, -0.2) is 37.9 Å². The Morgan fingerprint density at radius 2 is 0.922 bits per heavy atom. The highest BCUT2D eigenvalue weighted by molar-refractivity contribution is 6.00. The molecule has 2 heterocycles. The molecular formula is C36H32N10O5. The molecule has 7 N–H and O–H groups in total. The Bertz CT molecular complexity index is 2050. The Kier molecular flexibility index (Phi) is 12.0. The summed E-state index contributed by atoms with van der Waals surface area (Å²) < 4.78 is 11.2. The quantitative estimate of drug-likeness (QED) is 0.0891. The van der Waals surface area contributed by atoms with E-state index < -0.39 is 0 Å². The molecule has 0 atom stereocenters. The standard InChI is InChI=1S/C19H17N5O3.C17H15N5O2/c1-13(25)22-17-11-18(21-12-20-17)27-16-9-7-15(8-10-16)24-19(26)23-14-5-3-2-4-6-14;18-15-10-16(20-11-19-15)24-14-8-6-13(7-9-14)22-17(23)21-12-4-2-1-3-5-12/h2-12H,1H3,(H2,23,24,26)(H,20,21,22,25);1-11H,(H2,18,19,20)(H2,21,22,23). The Labute approximate surface area is 292 Å². The number of nitrogens with two attached hydrogens (primary N) is 1. The highest BCUT2D eigenvalue weighted by atomic mass is 16.5. The fourth-order valence-electron chi connectivity index (χ4n) is 4.14. The molecule has 6 aromatic rings. The van der Waals surface area contributed by atoms with E-state index in [4.69, 9.17) is 15.2 Å². The fourth-order valence-corrected chi connectivity index (χ4v) is 4.14. The van der Waals surface area contributed by atoms with Gasteiger partial charge in [0.25, 0.3) is 0 Å². The highest BCUT2D eigenvalue weighted by Gasteiger charge is 2.07. The van der Waals surface area contributed by atoms with Gasteiger partial charge in [0.1, 0.15) is 35.8 Å². The lowest BCUT2D eigenvalue weighted by atomic mass is 10.3. The van der Waals surface area contributed by atoms with Crippen molar-refractivity contribution < 1.29 is 23.9 Å². The molecule has 15 nitrogen and oxygen atoms in total. The second-order valence-corrected chi connectivity index (χ2v) is 10.3. The van der Waals surface area contributed by atoms with E-state index in [9.17, 15) is 14.4 Å². The van der Waals surface area contributed by atoms with Crippen molar-refractivity contribution in [2.24, 2.45) is 0 Å². The predicted octanol–water partition coefficient (Wildman–Crippen LogP) is 7.37. The van der Waals surface area contributed by atoms with Gasteiger partial charge >= 0.3 is 12.1 Å². The normalized spacial score (nSPS) is 9.98. The Balaban J connectivity index is 0.000000199. The summed E-state index contributed by atoms with van der Waals surface area (Å²) in [5.41, 5.74) is 8.24. The number of nitrogens with zero attached hydrogens (tertiary/aromatic N) is 4. The van der Waals surface area contributed by atoms with Crippen LogP contribution >= 0.6 is 0 Å². The first-order valence-electron chi connectivity index (χ1n) is 15.3. The number of ether oxygens (including phenoxy) is 2. The van der Waals surface area contributed by atoms with Crippen LogP contribution in [0.15, 0.2) is 134 Å². The van der Waals surface area contributed by atoms with Gasteiger partial charge < -0.3 is 41.8 Å². The van der Waals surface area contributed by atoms with E-state index in [1.54, 1.807) is 60.7 Å². The van der Waals surface area contributed by atoms with Gasteiger partial charge in [-0.25, -0.2) is 29.5 Å². The summed E-state index contributed by atoms with van der Waals surface area (Å²) in [4.78, 5) is 50.6. The number of aromatic nitrogens is 4. The highest BCUT2D eigenvalue weighted by Crippen LogP contribution is 2.24. The number of urea groups is 2. The zero-order valence-corrected chi connectivity index (χ0v) is 27.1. The largest absolute Gasteiger partial charge is 0.439 e. The van der Waals surface area contributed by atoms with E-state index in [0.717, 1.165) is 5.69 Å². The van der Waals surface area contributed by atoms with Crippen molar-refractivity contribution in [3.63, 3.8) is 0 Å². The number of para-hydroxylation sites is 2. The van der Waals surface area contributed by atoms with Crippen LogP contribution in [0.4, 0.5) is 44.0 Å². The number of nitrogens with one attached hydrogen (secondary N) is 5. The maximum absolute atomic E-state index is 12.0. The minimum absolute atomic E-state index is 0.233. The first-order chi connectivity index (χ1) is 24.8. The van der Waals surface area contributed by atoms with Crippen LogP contribution in [0.5, 0.6) is 23.3 Å². The number of benzene rings is 4. The topological polar surface area (TPSA) is 207 Å². The molecule has 4 aromatic carbocycles. The number of carbonyl (C=O) groups is 3. The molecule has 6 rings (SSSR count). The van der Waals surface area contributed by atoms with Crippen molar-refractivity contribution in [3.8, 4) is 23.3 Å². The summed E-state index contributed by atoms with van der Waals surface area (Å²) in [5, 5.41) is 13.5. The third-order valence-electron chi connectivity index (χ3n) is 6.34. The van der Waals surface area contributed by atoms with Gasteiger partial charge in [0.15, 0.2) is 0 Å². The maximum atomic E-state index is 12.0. The molecule has 0 bridgehead atoms. The van der Waals surface area contributed by atoms with E-state index in [1.165, 1.54) is 31.7 Å². The van der Waals surface area contributed by atoms with Crippen LogP contribution in [0.25, 0.3) is 0 Å². The smallest absolute Gasteiger partial charge is 0.323 e. The van der Waals surface area contributed by atoms with Crippen molar-refractivity contribution >= 4 is 52.4 Å². The van der Waals surface area contributed by atoms with Gasteiger partial charge in [-0.15, -0.1) is 0 Å². The molecule has 2 aromatic heterocycles. The first-order valence-corrected chi connectivity index (χ1v) is 15.3. The molecule has 0 aliphatic rings. The van der Waals surface area contributed by atoms with Gasteiger partial charge in [0.2, 0.25) is 17.7 Å². The van der Waals surface area contributed by atoms with Crippen LogP contribution in [0.3, 0.4) is 0 Å². The second-order valence-electron chi connectivity index (χ2n) is 10.3. The molecule has 0 fully saturated rings. The van der Waals surface area contributed by atoms with E-state index in [1.807, 2.05) is 48.5 Å². The van der Waals surface area contributed by atoms with Gasteiger partial charge in [0, 0.05) is 41.8 Å². The summed E-state index contributed by atoms with van der Waals surface area (Å²) in [6, 6.07) is 34.4. The molecule has 5 amide bonds. The number of rotatable bonds is 9. The van der Waals surface area contributed by atoms with Crippen LogP contribution < -0.4 is 41.8 Å². The Hall–Kier alpha value is -7.55. The zero-order valence-electron chi connectivity index (χ0n) is 27.1. The van der Waals surface area contributed by atoms with E-state index in [2.05, 4.69) is 46.5 Å². The molecule has 15 heteroatoms. The number of hydrogen-bond donors (Lipinski definition) is 6. The number of nitrogen functional groups attached to an aromatic ring is 1. The third-order valence-corrected chi connectivity index (χ3v) is 6.34. The number of hydrogen-bond acceptors (Lipinski definition) is 10. The van der Waals surface area contributed by atoms with Crippen LogP contribution in [-0.2, 0) is 4.79 Å². The number of amides is 5. The van der Waals surface area contributed by atoms with Gasteiger partial charge in [-0.05, 0) is 72.8 Å². The second kappa shape index (κ2) is 17.6. The summed E-state index contributed by atoms with van der Waals surface area (Å²) in [6.45, 7) is 1.39. The van der Waals surface area contributed by atoms with Gasteiger partial charge in [-0.1, -0.05) is 36.4 Å². The fraction of sp³-hybridized carbons (Fsp3) is 0.0278. The molecule has 0 saturated heterocycles. The van der Waals surface area contributed by atoms with E-state index in [-0.39, 0.29) is 23.8 Å². The van der Waals surface area contributed by atoms with E-state index in [0.29, 0.717) is 46.1 Å². The van der Waals surface area contributed by atoms with Crippen molar-refractivity contribution in [2.45, 2.75) is 6.92 Å². The third kappa shape index (κ3) is 11.9. The molecule has 51 heavy (non-hydrogen) atoms. The molecule has 0 spiro atoms. The van der Waals surface area contributed by atoms with Crippen LogP contribution in [0, 0.1) is 0 Å². The first kappa shape index (κ1) is 34.8. The van der Waals surface area contributed by atoms with Crippen molar-refractivity contribution in [1.82, 2.24) is 19.9 Å². The SMILES string of the molecule is CC(=O)Nc1cc(Oc2ccc(NC(=O)Nc3ccccc3)cc2)ncn1.Nc1cc(Oc2ccc(NC(=O)Nc3ccccc3)cc2)ncn1. The maximum Gasteiger partial charge on any atom is 0.323 e. The predicted molar refractivity (Wildman–Crippen MR) is 194 cm³/mol. The average molecular weight is 685 g/mol. The van der Waals surface area contributed by atoms with Crippen LogP contribution in [0.2, 0.25) is 0 Å². The molecular weight excluding hydrogens is 652 g/mol. The minimum Gasteiger partial charge on any atom is -0.439 e. The summed E-state index contributed by atoms with van der Waals surface area (Å²) >= 11 is 0. The molecule has 0 unspecified atom stereocenters. The minimum atomic E-state index is -0.342. The van der Waals surface area contributed by atoms with Crippen LogP contribution in [0.1, 0.15) is 6.92 Å². The molecule has 0 aliphatic heterocycles.